The van der Waals surface area contributed by atoms with Crippen LogP contribution in [0.5, 0.6) is 0 Å². The quantitative estimate of drug-likeness (QED) is 0.722. The maximum atomic E-state index is 12.1. The predicted octanol–water partition coefficient (Wildman–Crippen LogP) is 2.21. The van der Waals surface area contributed by atoms with Crippen molar-refractivity contribution in [3.63, 3.8) is 0 Å². The third-order valence-electron chi connectivity index (χ3n) is 2.50. The van der Waals surface area contributed by atoms with Gasteiger partial charge in [0, 0.05) is 15.5 Å². The van der Waals surface area contributed by atoms with Crippen LogP contribution in [0, 0.1) is 3.57 Å². The molecule has 0 aliphatic rings. The van der Waals surface area contributed by atoms with Crippen LogP contribution >= 0.6 is 22.6 Å². The molecule has 0 aliphatic heterocycles. The van der Waals surface area contributed by atoms with Gasteiger partial charge in [-0.25, -0.2) is 13.1 Å². The number of sulfonamides is 1. The van der Waals surface area contributed by atoms with Crippen molar-refractivity contribution in [2.24, 2.45) is 0 Å². The van der Waals surface area contributed by atoms with E-state index >= 15 is 0 Å². The summed E-state index contributed by atoms with van der Waals surface area (Å²) >= 11 is 2.09. The topological polar surface area (TPSA) is 83.5 Å². The molecule has 0 heterocycles. The number of benzene rings is 1. The predicted molar refractivity (Wildman–Crippen MR) is 80.4 cm³/mol. The highest BCUT2D eigenvalue weighted by atomic mass is 127. The number of nitrogens with one attached hydrogen (secondary N) is 1. The van der Waals surface area contributed by atoms with E-state index in [0.29, 0.717) is 0 Å². The zero-order chi connectivity index (χ0) is 14.7. The number of carbonyl (C=O) groups is 1. The van der Waals surface area contributed by atoms with E-state index in [9.17, 15) is 13.2 Å². The summed E-state index contributed by atoms with van der Waals surface area (Å²) in [5, 5.41) is 8.64. The fraction of sp³-hybridized carbons (Fsp3) is 0.417. The van der Waals surface area contributed by atoms with Gasteiger partial charge in [-0.05, 0) is 67.1 Å². The summed E-state index contributed by atoms with van der Waals surface area (Å²) in [6.07, 6.45) is 0.147. The van der Waals surface area contributed by atoms with Crippen molar-refractivity contribution in [1.29, 1.82) is 0 Å². The van der Waals surface area contributed by atoms with Gasteiger partial charge < -0.3 is 5.11 Å². The number of carboxylic acids is 1. The molecule has 5 nitrogen and oxygen atoms in total. The molecule has 0 spiro atoms. The average Bonchev–Trinajstić information content (AvgIpc) is 2.26. The number of halogens is 1. The van der Waals surface area contributed by atoms with E-state index in [4.69, 9.17) is 5.11 Å². The molecule has 0 saturated heterocycles. The maximum Gasteiger partial charge on any atom is 0.303 e. The lowest BCUT2D eigenvalue weighted by Crippen LogP contribution is -2.43. The van der Waals surface area contributed by atoms with Gasteiger partial charge in [-0.2, -0.15) is 0 Å². The molecule has 1 aromatic carbocycles. The molecule has 1 aromatic rings. The summed E-state index contributed by atoms with van der Waals surface area (Å²) in [7, 11) is -3.63. The first-order valence-corrected chi connectivity index (χ1v) is 8.20. The zero-order valence-electron chi connectivity index (χ0n) is 10.7. The molecular weight excluding hydrogens is 381 g/mol. The van der Waals surface area contributed by atoms with Crippen molar-refractivity contribution in [3.8, 4) is 0 Å². The summed E-state index contributed by atoms with van der Waals surface area (Å²) in [4.78, 5) is 10.7. The van der Waals surface area contributed by atoms with Crippen molar-refractivity contribution < 1.29 is 18.3 Å². The highest BCUT2D eigenvalue weighted by Gasteiger charge is 2.26. The third-order valence-corrected chi connectivity index (χ3v) is 4.93. The Hall–Kier alpha value is -0.670. The number of hydrogen-bond acceptors (Lipinski definition) is 3. The molecule has 0 aromatic heterocycles. The Morgan fingerprint density at radius 3 is 2.32 bits per heavy atom. The standard InChI is InChI=1S/C12H16INO4S/c1-12(2,8-7-11(15)16)14-19(17,18)10-5-3-9(13)4-6-10/h3-6,14H,7-8H2,1-2H3,(H,15,16). The van der Waals surface area contributed by atoms with Crippen LogP contribution in [0.1, 0.15) is 26.7 Å². The van der Waals surface area contributed by atoms with Gasteiger partial charge in [0.25, 0.3) is 0 Å². The minimum atomic E-state index is -3.63. The normalized spacial score (nSPS) is 12.4. The molecule has 0 aliphatic carbocycles. The van der Waals surface area contributed by atoms with Crippen molar-refractivity contribution in [2.75, 3.05) is 0 Å². The van der Waals surface area contributed by atoms with Gasteiger partial charge in [-0.3, -0.25) is 4.79 Å². The van der Waals surface area contributed by atoms with Gasteiger partial charge in [0.1, 0.15) is 0 Å². The lowest BCUT2D eigenvalue weighted by molar-refractivity contribution is -0.137. The van der Waals surface area contributed by atoms with E-state index in [0.717, 1.165) is 3.57 Å². The molecule has 2 N–H and O–H groups in total. The Bertz CT molecular complexity index is 552. The van der Waals surface area contributed by atoms with Crippen LogP contribution in [0.4, 0.5) is 0 Å². The minimum Gasteiger partial charge on any atom is -0.481 e. The largest absolute Gasteiger partial charge is 0.481 e. The van der Waals surface area contributed by atoms with Crippen molar-refractivity contribution in [3.05, 3.63) is 27.8 Å². The van der Waals surface area contributed by atoms with E-state index < -0.39 is 21.5 Å². The first-order valence-electron chi connectivity index (χ1n) is 5.64. The van der Waals surface area contributed by atoms with Crippen molar-refractivity contribution in [2.45, 2.75) is 37.1 Å². The Labute approximate surface area is 126 Å². The molecule has 19 heavy (non-hydrogen) atoms. The highest BCUT2D eigenvalue weighted by Crippen LogP contribution is 2.18. The van der Waals surface area contributed by atoms with E-state index in [-0.39, 0.29) is 17.7 Å². The molecule has 0 atom stereocenters. The smallest absolute Gasteiger partial charge is 0.303 e. The second-order valence-corrected chi connectivity index (χ2v) is 7.77. The van der Waals surface area contributed by atoms with Crippen molar-refractivity contribution in [1.82, 2.24) is 4.72 Å². The molecule has 0 unspecified atom stereocenters. The van der Waals surface area contributed by atoms with Crippen LogP contribution in [0.2, 0.25) is 0 Å². The van der Waals surface area contributed by atoms with Gasteiger partial charge in [-0.1, -0.05) is 0 Å². The summed E-state index contributed by atoms with van der Waals surface area (Å²) < 4.78 is 27.8. The molecule has 0 bridgehead atoms. The van der Waals surface area contributed by atoms with Crippen LogP contribution in [0.3, 0.4) is 0 Å². The molecule has 1 rings (SSSR count). The molecule has 0 fully saturated rings. The third kappa shape index (κ3) is 5.45. The van der Waals surface area contributed by atoms with Crippen LogP contribution < -0.4 is 4.72 Å². The second kappa shape index (κ2) is 6.19. The average molecular weight is 397 g/mol. The Morgan fingerprint density at radius 2 is 1.84 bits per heavy atom. The van der Waals surface area contributed by atoms with Crippen LogP contribution in [0.25, 0.3) is 0 Å². The summed E-state index contributed by atoms with van der Waals surface area (Å²) in [5.74, 6) is -0.943. The number of aliphatic carboxylic acids is 1. The minimum absolute atomic E-state index is 0.0811. The summed E-state index contributed by atoms with van der Waals surface area (Å²) in [6, 6.07) is 6.47. The fourth-order valence-electron chi connectivity index (χ4n) is 1.51. The Balaban J connectivity index is 2.84. The lowest BCUT2D eigenvalue weighted by Gasteiger charge is -2.25. The molecule has 0 radical (unpaired) electrons. The van der Waals surface area contributed by atoms with E-state index in [2.05, 4.69) is 27.3 Å². The van der Waals surface area contributed by atoms with Gasteiger partial charge in [0.2, 0.25) is 10.0 Å². The second-order valence-electron chi connectivity index (χ2n) is 4.84. The lowest BCUT2D eigenvalue weighted by atomic mass is 10.0. The Kier molecular flexibility index (Phi) is 5.34. The summed E-state index contributed by atoms with van der Waals surface area (Å²) in [6.45, 7) is 3.33. The van der Waals surface area contributed by atoms with Crippen LogP contribution in [0.15, 0.2) is 29.2 Å². The SMILES string of the molecule is CC(C)(CCC(=O)O)NS(=O)(=O)c1ccc(I)cc1. The van der Waals surface area contributed by atoms with Crippen molar-refractivity contribution >= 4 is 38.6 Å². The first-order chi connectivity index (χ1) is 8.62. The zero-order valence-corrected chi connectivity index (χ0v) is 13.7. The fourth-order valence-corrected chi connectivity index (χ4v) is 3.31. The van der Waals surface area contributed by atoms with E-state index in [1.54, 1.807) is 26.0 Å². The van der Waals surface area contributed by atoms with E-state index in [1.165, 1.54) is 12.1 Å². The van der Waals surface area contributed by atoms with Crippen LogP contribution in [-0.2, 0) is 14.8 Å². The van der Waals surface area contributed by atoms with Gasteiger partial charge in [0.15, 0.2) is 0 Å². The molecule has 7 heteroatoms. The number of rotatable bonds is 6. The summed E-state index contributed by atoms with van der Waals surface area (Å²) in [5.41, 5.74) is -0.805. The molecule has 0 amide bonds. The highest BCUT2D eigenvalue weighted by molar-refractivity contribution is 14.1. The number of hydrogen-bond donors (Lipinski definition) is 2. The first kappa shape index (κ1) is 16.4. The molecular formula is C12H16INO4S. The van der Waals surface area contributed by atoms with Gasteiger partial charge in [-0.15, -0.1) is 0 Å². The molecule has 106 valence electrons. The molecule has 0 saturated carbocycles. The van der Waals surface area contributed by atoms with E-state index in [1.807, 2.05) is 0 Å². The Morgan fingerprint density at radius 1 is 1.32 bits per heavy atom. The monoisotopic (exact) mass is 397 g/mol. The maximum absolute atomic E-state index is 12.1. The van der Waals surface area contributed by atoms with Gasteiger partial charge in [0.05, 0.1) is 4.90 Å². The van der Waals surface area contributed by atoms with Gasteiger partial charge >= 0.3 is 5.97 Å². The number of carboxylic acid groups (broad SMARTS) is 1. The van der Waals surface area contributed by atoms with Crippen LogP contribution in [-0.4, -0.2) is 25.0 Å².